The van der Waals surface area contributed by atoms with Crippen LogP contribution in [-0.4, -0.2) is 56.7 Å². The van der Waals surface area contributed by atoms with Crippen molar-refractivity contribution in [3.63, 3.8) is 0 Å². The van der Waals surface area contributed by atoms with Crippen molar-refractivity contribution in [3.05, 3.63) is 24.3 Å². The van der Waals surface area contributed by atoms with Gasteiger partial charge in [0.2, 0.25) is 0 Å². The van der Waals surface area contributed by atoms with Crippen molar-refractivity contribution in [1.82, 2.24) is 0 Å². The van der Waals surface area contributed by atoms with E-state index in [1.165, 1.54) is 5.69 Å². The molecule has 1 aliphatic rings. The maximum Gasteiger partial charge on any atom is 0.0687 e. The molecule has 1 fully saturated rings. The lowest BCUT2D eigenvalue weighted by Crippen LogP contribution is -2.85. The number of hydrogen-bond acceptors (Lipinski definition) is 1. The van der Waals surface area contributed by atoms with E-state index in [-0.39, 0.29) is 0 Å². The standard InChI is InChI=1S/C19H43NSi6/c1-20(2)18-14-16-19(17-15-18)21(3,4)26(13)24(9,10)22(5,6)23(7,8)25(26,11)12/h14-17H,1-13H3. The molecular formula is C19H43NSi6. The van der Waals surface area contributed by atoms with Crippen LogP contribution in [0.2, 0.25) is 72.0 Å². The van der Waals surface area contributed by atoms with Gasteiger partial charge in [0.25, 0.3) is 0 Å². The van der Waals surface area contributed by atoms with Crippen LogP contribution in [0, 0.1) is 0 Å². The molecule has 1 aromatic carbocycles. The molecule has 0 atom stereocenters. The van der Waals surface area contributed by atoms with Crippen LogP contribution in [0.3, 0.4) is 0 Å². The summed E-state index contributed by atoms with van der Waals surface area (Å²) in [7, 11) is -1.77. The third kappa shape index (κ3) is 2.39. The van der Waals surface area contributed by atoms with Crippen LogP contribution in [0.15, 0.2) is 24.3 Å². The summed E-state index contributed by atoms with van der Waals surface area (Å²) in [5, 5.41) is 1.76. The summed E-state index contributed by atoms with van der Waals surface area (Å²) in [6, 6.07) is 9.81. The molecule has 2 rings (SSSR count). The molecule has 1 aliphatic heterocycles. The van der Waals surface area contributed by atoms with E-state index < -0.39 is 42.7 Å². The van der Waals surface area contributed by atoms with E-state index >= 15 is 0 Å². The molecule has 0 aromatic heterocycles. The summed E-state index contributed by atoms with van der Waals surface area (Å²) in [6.45, 7) is 30.1. The first-order valence-electron chi connectivity index (χ1n) is 10.2. The van der Waals surface area contributed by atoms with Gasteiger partial charge in [0.1, 0.15) is 0 Å². The molecular weight excluding hydrogens is 411 g/mol. The Balaban J connectivity index is 2.73. The first-order chi connectivity index (χ1) is 11.4. The number of benzene rings is 1. The van der Waals surface area contributed by atoms with Crippen molar-refractivity contribution in [2.45, 2.75) is 72.0 Å². The van der Waals surface area contributed by atoms with Crippen LogP contribution < -0.4 is 10.1 Å². The fourth-order valence-corrected chi connectivity index (χ4v) is 285. The van der Waals surface area contributed by atoms with Crippen LogP contribution in [0.1, 0.15) is 0 Å². The molecule has 0 bridgehead atoms. The van der Waals surface area contributed by atoms with Crippen LogP contribution in [-0.2, 0) is 0 Å². The van der Waals surface area contributed by atoms with Crippen molar-refractivity contribution in [2.24, 2.45) is 0 Å². The topological polar surface area (TPSA) is 3.24 Å². The molecule has 1 heterocycles. The number of hydrogen-bond donors (Lipinski definition) is 0. The highest BCUT2D eigenvalue weighted by molar-refractivity contribution is 8.21. The second-order valence-electron chi connectivity index (χ2n) is 11.7. The van der Waals surface area contributed by atoms with Gasteiger partial charge >= 0.3 is 0 Å². The first-order valence-corrected chi connectivity index (χ1v) is 33.7. The van der Waals surface area contributed by atoms with Gasteiger partial charge in [0.05, 0.1) is 7.59 Å². The van der Waals surface area contributed by atoms with Gasteiger partial charge in [-0.2, -0.15) is 0 Å². The third-order valence-corrected chi connectivity index (χ3v) is 173. The zero-order valence-electron chi connectivity index (χ0n) is 19.8. The molecule has 148 valence electrons. The first kappa shape index (κ1) is 22.6. The Bertz CT molecular complexity index is 662. The molecule has 7 heteroatoms. The Morgan fingerprint density at radius 1 is 0.615 bits per heavy atom. The van der Waals surface area contributed by atoms with Gasteiger partial charge in [-0.15, -0.1) is 0 Å². The SMILES string of the molecule is CN(C)c1ccc([Si](C)(C)[Si]2(C)[Si](C)(C)[Si](C)(C)[Si](C)(C)[Si]2(C)C)cc1. The minimum Gasteiger partial charge on any atom is -0.378 e. The van der Waals surface area contributed by atoms with E-state index in [2.05, 4.69) is 115 Å². The van der Waals surface area contributed by atoms with Crippen molar-refractivity contribution in [1.29, 1.82) is 0 Å². The summed E-state index contributed by atoms with van der Waals surface area (Å²) in [4.78, 5) is 2.23. The van der Waals surface area contributed by atoms with Gasteiger partial charge in [0.15, 0.2) is 0 Å². The summed E-state index contributed by atoms with van der Waals surface area (Å²) < 4.78 is 0. The zero-order valence-corrected chi connectivity index (χ0v) is 25.8. The minimum atomic E-state index is -1.46. The molecule has 0 radical (unpaired) electrons. The average Bonchev–Trinajstić information content (AvgIpc) is 2.57. The number of anilines is 1. The smallest absolute Gasteiger partial charge is 0.0687 e. The fraction of sp³-hybridized carbons (Fsp3) is 0.684. The fourth-order valence-electron chi connectivity index (χ4n) is 6.62. The Morgan fingerprint density at radius 3 is 1.27 bits per heavy atom. The van der Waals surface area contributed by atoms with Crippen LogP contribution in [0.4, 0.5) is 5.69 Å². The number of nitrogens with zero attached hydrogens (tertiary/aromatic N) is 1. The van der Waals surface area contributed by atoms with E-state index in [9.17, 15) is 0 Å². The second-order valence-corrected chi connectivity index (χ2v) is 84.0. The lowest BCUT2D eigenvalue weighted by atomic mass is 10.3. The maximum absolute atomic E-state index is 2.95. The largest absolute Gasteiger partial charge is 0.378 e. The van der Waals surface area contributed by atoms with Crippen LogP contribution in [0.5, 0.6) is 0 Å². The minimum absolute atomic E-state index is 1.11. The average molecular weight is 454 g/mol. The van der Waals surface area contributed by atoms with Gasteiger partial charge in [-0.25, -0.2) is 0 Å². The van der Waals surface area contributed by atoms with E-state index in [0.29, 0.717) is 0 Å². The molecule has 26 heavy (non-hydrogen) atoms. The highest BCUT2D eigenvalue weighted by atomic mass is 30.3. The van der Waals surface area contributed by atoms with Gasteiger partial charge in [-0.3, -0.25) is 0 Å². The number of rotatable bonds is 3. The van der Waals surface area contributed by atoms with Gasteiger partial charge in [-0.05, 0) is 12.1 Å². The molecule has 1 aromatic rings. The van der Waals surface area contributed by atoms with Gasteiger partial charge in [0, 0.05) is 54.8 Å². The molecule has 0 aliphatic carbocycles. The van der Waals surface area contributed by atoms with Crippen LogP contribution in [0.25, 0.3) is 0 Å². The quantitative estimate of drug-likeness (QED) is 0.578. The lowest BCUT2D eigenvalue weighted by molar-refractivity contribution is 1.13. The molecule has 0 spiro atoms. The predicted molar refractivity (Wildman–Crippen MR) is 139 cm³/mol. The van der Waals surface area contributed by atoms with Gasteiger partial charge in [-0.1, -0.05) is 89.3 Å². The Labute approximate surface area is 168 Å². The van der Waals surface area contributed by atoms with E-state index in [1.54, 1.807) is 5.19 Å². The zero-order chi connectivity index (χ0) is 20.6. The molecule has 0 unspecified atom stereocenters. The Kier molecular flexibility index (Phi) is 5.35. The monoisotopic (exact) mass is 453 g/mol. The predicted octanol–water partition coefficient (Wildman–Crippen LogP) is 5.06. The summed E-state index contributed by atoms with van der Waals surface area (Å²) >= 11 is 0. The Morgan fingerprint density at radius 2 is 0.962 bits per heavy atom. The molecule has 1 saturated heterocycles. The van der Waals surface area contributed by atoms with Crippen molar-refractivity contribution in [2.75, 3.05) is 19.0 Å². The summed E-state index contributed by atoms with van der Waals surface area (Å²) in [6.07, 6.45) is 0. The Hall–Kier alpha value is 0.321. The highest BCUT2D eigenvalue weighted by Gasteiger charge is 2.80. The van der Waals surface area contributed by atoms with E-state index in [0.717, 1.165) is 0 Å². The third-order valence-electron chi connectivity index (χ3n) is 10.5. The normalized spacial score (nSPS) is 25.1. The molecule has 0 amide bonds. The highest BCUT2D eigenvalue weighted by Crippen LogP contribution is 2.54. The van der Waals surface area contributed by atoms with E-state index in [4.69, 9.17) is 0 Å². The van der Waals surface area contributed by atoms with Crippen LogP contribution >= 0.6 is 0 Å². The summed E-state index contributed by atoms with van der Waals surface area (Å²) in [5.41, 5.74) is 1.34. The van der Waals surface area contributed by atoms with Crippen molar-refractivity contribution >= 4 is 53.5 Å². The lowest BCUT2D eigenvalue weighted by Gasteiger charge is -2.55. The molecule has 0 saturated carbocycles. The van der Waals surface area contributed by atoms with Crippen molar-refractivity contribution in [3.8, 4) is 0 Å². The van der Waals surface area contributed by atoms with Crippen molar-refractivity contribution < 1.29 is 0 Å². The van der Waals surface area contributed by atoms with Gasteiger partial charge < -0.3 is 4.90 Å². The van der Waals surface area contributed by atoms with E-state index in [1.807, 2.05) is 0 Å². The second kappa shape index (κ2) is 6.16. The molecule has 0 N–H and O–H groups in total. The molecule has 1 nitrogen and oxygen atoms in total. The maximum atomic E-state index is 2.95. The summed E-state index contributed by atoms with van der Waals surface area (Å²) in [5.74, 6) is 0.